The molecule has 0 radical (unpaired) electrons. The van der Waals surface area contributed by atoms with Gasteiger partial charge in [-0.25, -0.2) is 13.1 Å². The highest BCUT2D eigenvalue weighted by atomic mass is 32.2. The molecule has 1 N–H and O–H groups in total. The van der Waals surface area contributed by atoms with Gasteiger partial charge in [0.25, 0.3) is 0 Å². The van der Waals surface area contributed by atoms with Crippen LogP contribution in [-0.2, 0) is 14.8 Å². The van der Waals surface area contributed by atoms with Gasteiger partial charge >= 0.3 is 0 Å². The molecule has 0 aliphatic carbocycles. The van der Waals surface area contributed by atoms with Crippen LogP contribution in [0.2, 0.25) is 0 Å². The fraction of sp³-hybridized carbons (Fsp3) is 0.538. The van der Waals surface area contributed by atoms with Gasteiger partial charge in [-0.2, -0.15) is 0 Å². The van der Waals surface area contributed by atoms with Crippen molar-refractivity contribution in [1.29, 1.82) is 0 Å². The van der Waals surface area contributed by atoms with Gasteiger partial charge in [-0.15, -0.1) is 0 Å². The smallest absolute Gasteiger partial charge is 0.240 e. The lowest BCUT2D eigenvalue weighted by molar-refractivity contribution is 0.122. The number of rotatable bonds is 8. The molecular formula is C13H21NO4S. The van der Waals surface area contributed by atoms with Crippen LogP contribution in [0.3, 0.4) is 0 Å². The first-order valence-electron chi connectivity index (χ1n) is 6.25. The van der Waals surface area contributed by atoms with Crippen LogP contribution in [0.1, 0.15) is 20.3 Å². The van der Waals surface area contributed by atoms with E-state index in [0.717, 1.165) is 6.42 Å². The van der Waals surface area contributed by atoms with E-state index in [1.54, 1.807) is 26.2 Å². The molecule has 19 heavy (non-hydrogen) atoms. The summed E-state index contributed by atoms with van der Waals surface area (Å²) in [5.74, 6) is 0.672. The molecule has 0 heterocycles. The van der Waals surface area contributed by atoms with Gasteiger partial charge in [0.1, 0.15) is 5.75 Å². The average Bonchev–Trinajstić information content (AvgIpc) is 2.43. The Bertz CT molecular complexity index is 470. The summed E-state index contributed by atoms with van der Waals surface area (Å²) in [5.41, 5.74) is 0. The minimum atomic E-state index is -3.49. The Hall–Kier alpha value is -1.11. The van der Waals surface area contributed by atoms with E-state index in [1.807, 2.05) is 6.92 Å². The van der Waals surface area contributed by atoms with E-state index < -0.39 is 10.0 Å². The predicted octanol–water partition coefficient (Wildman–Crippen LogP) is 1.79. The molecule has 108 valence electrons. The monoisotopic (exact) mass is 287 g/mol. The number of benzene rings is 1. The van der Waals surface area contributed by atoms with Crippen LogP contribution >= 0.6 is 0 Å². The molecule has 0 aliphatic rings. The summed E-state index contributed by atoms with van der Waals surface area (Å²) in [7, 11) is -1.95. The lowest BCUT2D eigenvalue weighted by Gasteiger charge is -2.11. The molecule has 1 aromatic rings. The van der Waals surface area contributed by atoms with Crippen LogP contribution in [0.5, 0.6) is 5.75 Å². The van der Waals surface area contributed by atoms with E-state index in [-0.39, 0.29) is 17.5 Å². The third-order valence-corrected chi connectivity index (χ3v) is 4.01. The second-order valence-electron chi connectivity index (χ2n) is 4.22. The molecule has 1 atom stereocenters. The third-order valence-electron chi connectivity index (χ3n) is 2.57. The standard InChI is InChI=1S/C13H21NO4S/c1-4-9-18-12-5-7-13(8-6-12)19(15,16)14-10-11(2)17-3/h5-8,11,14H,4,9-10H2,1-3H3. The largest absolute Gasteiger partial charge is 0.494 e. The maximum Gasteiger partial charge on any atom is 0.240 e. The van der Waals surface area contributed by atoms with Crippen molar-refractivity contribution < 1.29 is 17.9 Å². The summed E-state index contributed by atoms with van der Waals surface area (Å²) < 4.78 is 36.8. The minimum Gasteiger partial charge on any atom is -0.494 e. The zero-order valence-electron chi connectivity index (χ0n) is 11.5. The predicted molar refractivity (Wildman–Crippen MR) is 73.9 cm³/mol. The molecule has 0 spiro atoms. The maximum absolute atomic E-state index is 12.0. The molecule has 0 aromatic heterocycles. The van der Waals surface area contributed by atoms with Gasteiger partial charge < -0.3 is 9.47 Å². The topological polar surface area (TPSA) is 64.6 Å². The van der Waals surface area contributed by atoms with Crippen LogP contribution in [0.15, 0.2) is 29.2 Å². The molecule has 1 unspecified atom stereocenters. The van der Waals surface area contributed by atoms with E-state index >= 15 is 0 Å². The summed E-state index contributed by atoms with van der Waals surface area (Å²) in [6.07, 6.45) is 0.748. The van der Waals surface area contributed by atoms with Crippen molar-refractivity contribution in [2.75, 3.05) is 20.3 Å². The summed E-state index contributed by atoms with van der Waals surface area (Å²) in [5, 5.41) is 0. The Kier molecular flexibility index (Phi) is 6.27. The average molecular weight is 287 g/mol. The molecule has 0 bridgehead atoms. The SMILES string of the molecule is CCCOc1ccc(S(=O)(=O)NCC(C)OC)cc1. The minimum absolute atomic E-state index is 0.165. The van der Waals surface area contributed by atoms with Crippen molar-refractivity contribution in [2.24, 2.45) is 0 Å². The van der Waals surface area contributed by atoms with Gasteiger partial charge in [0, 0.05) is 13.7 Å². The number of ether oxygens (including phenoxy) is 2. The van der Waals surface area contributed by atoms with Crippen LogP contribution in [0.25, 0.3) is 0 Å². The zero-order valence-corrected chi connectivity index (χ0v) is 12.4. The van der Waals surface area contributed by atoms with Gasteiger partial charge in [0.05, 0.1) is 17.6 Å². The lowest BCUT2D eigenvalue weighted by atomic mass is 10.3. The summed E-state index contributed by atoms with van der Waals surface area (Å²) in [4.78, 5) is 0.222. The fourth-order valence-electron chi connectivity index (χ4n) is 1.33. The van der Waals surface area contributed by atoms with Gasteiger partial charge in [-0.05, 0) is 37.6 Å². The molecule has 0 aliphatic heterocycles. The Labute approximate surface area is 115 Å². The third kappa shape index (κ3) is 5.18. The van der Waals surface area contributed by atoms with Crippen LogP contribution in [0.4, 0.5) is 0 Å². The first-order valence-corrected chi connectivity index (χ1v) is 7.73. The number of methoxy groups -OCH3 is 1. The van der Waals surface area contributed by atoms with Crippen LogP contribution in [-0.4, -0.2) is 34.8 Å². The van der Waals surface area contributed by atoms with E-state index in [1.165, 1.54) is 12.1 Å². The fourth-order valence-corrected chi connectivity index (χ4v) is 2.44. The number of hydrogen-bond donors (Lipinski definition) is 1. The quantitative estimate of drug-likeness (QED) is 0.791. The van der Waals surface area contributed by atoms with Gasteiger partial charge in [0.15, 0.2) is 0 Å². The van der Waals surface area contributed by atoms with E-state index in [4.69, 9.17) is 9.47 Å². The molecule has 5 nitrogen and oxygen atoms in total. The number of sulfonamides is 1. The van der Waals surface area contributed by atoms with E-state index in [9.17, 15) is 8.42 Å². The van der Waals surface area contributed by atoms with Gasteiger partial charge in [-0.1, -0.05) is 6.92 Å². The zero-order chi connectivity index (χ0) is 14.3. The van der Waals surface area contributed by atoms with E-state index in [2.05, 4.69) is 4.72 Å². The molecule has 0 fully saturated rings. The Morgan fingerprint density at radius 2 is 1.89 bits per heavy atom. The first-order chi connectivity index (χ1) is 8.99. The van der Waals surface area contributed by atoms with Crippen molar-refractivity contribution in [3.8, 4) is 5.75 Å². The summed E-state index contributed by atoms with van der Waals surface area (Å²) >= 11 is 0. The number of nitrogens with one attached hydrogen (secondary N) is 1. The number of hydrogen-bond acceptors (Lipinski definition) is 4. The van der Waals surface area contributed by atoms with Crippen molar-refractivity contribution in [3.05, 3.63) is 24.3 Å². The van der Waals surface area contributed by atoms with Crippen molar-refractivity contribution in [3.63, 3.8) is 0 Å². The van der Waals surface area contributed by atoms with Gasteiger partial charge in [-0.3, -0.25) is 0 Å². The molecule has 0 saturated heterocycles. The first kappa shape index (κ1) is 15.9. The Morgan fingerprint density at radius 1 is 1.26 bits per heavy atom. The molecule has 0 amide bonds. The van der Waals surface area contributed by atoms with Gasteiger partial charge in [0.2, 0.25) is 10.0 Å². The Balaban J connectivity index is 2.68. The van der Waals surface area contributed by atoms with Crippen molar-refractivity contribution in [1.82, 2.24) is 4.72 Å². The van der Waals surface area contributed by atoms with E-state index in [0.29, 0.717) is 12.4 Å². The molecule has 6 heteroatoms. The second-order valence-corrected chi connectivity index (χ2v) is 5.99. The maximum atomic E-state index is 12.0. The van der Waals surface area contributed by atoms with Crippen LogP contribution < -0.4 is 9.46 Å². The van der Waals surface area contributed by atoms with Crippen LogP contribution in [0, 0.1) is 0 Å². The van der Waals surface area contributed by atoms with Crippen molar-refractivity contribution in [2.45, 2.75) is 31.3 Å². The lowest BCUT2D eigenvalue weighted by Crippen LogP contribution is -2.31. The molecular weight excluding hydrogens is 266 g/mol. The highest BCUT2D eigenvalue weighted by Crippen LogP contribution is 2.16. The highest BCUT2D eigenvalue weighted by Gasteiger charge is 2.14. The summed E-state index contributed by atoms with van der Waals surface area (Å²) in [6, 6.07) is 6.38. The summed E-state index contributed by atoms with van der Waals surface area (Å²) in [6.45, 7) is 4.67. The molecule has 1 rings (SSSR count). The molecule has 0 saturated carbocycles. The van der Waals surface area contributed by atoms with Crippen molar-refractivity contribution >= 4 is 10.0 Å². The second kappa shape index (κ2) is 7.47. The normalized spacial score (nSPS) is 13.2. The molecule has 1 aromatic carbocycles. The Morgan fingerprint density at radius 3 is 2.42 bits per heavy atom. The highest BCUT2D eigenvalue weighted by molar-refractivity contribution is 7.89.